The quantitative estimate of drug-likeness (QED) is 0.600. The molecule has 3 heteroatoms. The second kappa shape index (κ2) is 9.81. The van der Waals surface area contributed by atoms with Crippen LogP contribution in [0.2, 0.25) is 5.02 Å². The molecular formula is C19H26ClNS. The minimum absolute atomic E-state index is 0.791. The largest absolute Gasteiger partial charge is 0.326 e. The lowest BCUT2D eigenvalue weighted by molar-refractivity contribution is 1.09. The normalized spacial score (nSPS) is 9.91. The molecule has 0 bridgehead atoms. The van der Waals surface area contributed by atoms with Gasteiger partial charge in [0.15, 0.2) is 0 Å². The van der Waals surface area contributed by atoms with Crippen LogP contribution in [-0.2, 0) is 6.42 Å². The molecule has 1 nitrogen and oxygen atoms in total. The van der Waals surface area contributed by atoms with Crippen molar-refractivity contribution in [2.75, 3.05) is 4.72 Å². The van der Waals surface area contributed by atoms with Crippen LogP contribution in [0, 0.1) is 13.8 Å². The van der Waals surface area contributed by atoms with Gasteiger partial charge in [0.1, 0.15) is 0 Å². The van der Waals surface area contributed by atoms with Gasteiger partial charge >= 0.3 is 0 Å². The van der Waals surface area contributed by atoms with E-state index in [0.717, 1.165) is 22.0 Å². The molecule has 1 N–H and O–H groups in total. The molecule has 0 aromatic heterocycles. The zero-order valence-electron chi connectivity index (χ0n) is 14.2. The lowest BCUT2D eigenvalue weighted by Crippen LogP contribution is -1.91. The first-order valence-corrected chi connectivity index (χ1v) is 8.99. The Kier molecular flexibility index (Phi) is 8.44. The van der Waals surface area contributed by atoms with E-state index in [2.05, 4.69) is 56.7 Å². The summed E-state index contributed by atoms with van der Waals surface area (Å²) in [5.41, 5.74) is 5.00. The highest BCUT2D eigenvalue weighted by atomic mass is 35.5. The fraction of sp³-hybridized carbons (Fsp3) is 0.368. The monoisotopic (exact) mass is 335 g/mol. The molecular weight excluding hydrogens is 310 g/mol. The average molecular weight is 336 g/mol. The van der Waals surface area contributed by atoms with E-state index >= 15 is 0 Å². The lowest BCUT2D eigenvalue weighted by Gasteiger charge is -2.10. The molecule has 0 atom stereocenters. The predicted octanol–water partition coefficient (Wildman–Crippen LogP) is 7.05. The van der Waals surface area contributed by atoms with Gasteiger partial charge in [0.05, 0.1) is 5.02 Å². The third-order valence-corrected chi connectivity index (χ3v) is 4.43. The van der Waals surface area contributed by atoms with Crippen LogP contribution in [0.5, 0.6) is 0 Å². The van der Waals surface area contributed by atoms with E-state index in [1.807, 2.05) is 19.1 Å². The van der Waals surface area contributed by atoms with E-state index < -0.39 is 0 Å². The van der Waals surface area contributed by atoms with Crippen LogP contribution in [-0.4, -0.2) is 0 Å². The molecule has 22 heavy (non-hydrogen) atoms. The summed E-state index contributed by atoms with van der Waals surface area (Å²) in [6.45, 7) is 10.6. The van der Waals surface area contributed by atoms with Crippen molar-refractivity contribution in [1.82, 2.24) is 0 Å². The number of nitrogens with one attached hydrogen (secondary N) is 1. The van der Waals surface area contributed by atoms with E-state index in [1.165, 1.54) is 23.1 Å². The van der Waals surface area contributed by atoms with Crippen molar-refractivity contribution in [1.29, 1.82) is 0 Å². The lowest BCUT2D eigenvalue weighted by atomic mass is 10.1. The van der Waals surface area contributed by atoms with Crippen LogP contribution in [0.3, 0.4) is 0 Å². The number of hydrogen-bond donors (Lipinski definition) is 1. The van der Waals surface area contributed by atoms with E-state index in [1.54, 1.807) is 11.9 Å². The van der Waals surface area contributed by atoms with Crippen LogP contribution in [0.4, 0.5) is 5.69 Å². The highest BCUT2D eigenvalue weighted by Crippen LogP contribution is 2.29. The minimum Gasteiger partial charge on any atom is -0.326 e. The molecule has 120 valence electrons. The fourth-order valence-electron chi connectivity index (χ4n) is 1.96. The van der Waals surface area contributed by atoms with Crippen molar-refractivity contribution in [3.63, 3.8) is 0 Å². The third-order valence-electron chi connectivity index (χ3n) is 3.09. The van der Waals surface area contributed by atoms with Gasteiger partial charge in [-0.15, -0.1) is 0 Å². The van der Waals surface area contributed by atoms with Crippen LogP contribution in [0.25, 0.3) is 0 Å². The number of hydrogen-bond acceptors (Lipinski definition) is 2. The SMILES string of the molecule is CCC.CCc1ccc(NSc2ccc(C)cc2Cl)cc1C. The average Bonchev–Trinajstić information content (AvgIpc) is 2.47. The van der Waals surface area contributed by atoms with Crippen LogP contribution >= 0.6 is 23.5 Å². The molecule has 0 radical (unpaired) electrons. The third kappa shape index (κ3) is 5.94. The summed E-state index contributed by atoms with van der Waals surface area (Å²) in [6, 6.07) is 12.6. The number of anilines is 1. The zero-order chi connectivity index (χ0) is 16.5. The van der Waals surface area contributed by atoms with Gasteiger partial charge in [-0.05, 0) is 73.2 Å². The Morgan fingerprint density at radius 2 is 1.68 bits per heavy atom. The van der Waals surface area contributed by atoms with Gasteiger partial charge in [0.25, 0.3) is 0 Å². The second-order valence-corrected chi connectivity index (χ2v) is 6.60. The molecule has 0 unspecified atom stereocenters. The van der Waals surface area contributed by atoms with Crippen molar-refractivity contribution >= 4 is 29.2 Å². The second-order valence-electron chi connectivity index (χ2n) is 5.34. The fourth-order valence-corrected chi connectivity index (χ4v) is 2.96. The standard InChI is InChI=1S/C16H18ClNS.C3H8/c1-4-13-6-7-14(10-12(13)3)18-19-16-8-5-11(2)9-15(16)17;1-3-2/h5-10,18H,4H2,1-3H3;3H2,1-2H3. The Hall–Kier alpha value is -1.12. The topological polar surface area (TPSA) is 12.0 Å². The van der Waals surface area contributed by atoms with Gasteiger partial charge in [-0.25, -0.2) is 0 Å². The van der Waals surface area contributed by atoms with Gasteiger partial charge in [0.2, 0.25) is 0 Å². The molecule has 0 fully saturated rings. The summed E-state index contributed by atoms with van der Waals surface area (Å²) < 4.78 is 3.35. The summed E-state index contributed by atoms with van der Waals surface area (Å²) in [5.74, 6) is 0. The molecule has 0 saturated carbocycles. The predicted molar refractivity (Wildman–Crippen MR) is 102 cm³/mol. The van der Waals surface area contributed by atoms with E-state index in [0.29, 0.717) is 0 Å². The Morgan fingerprint density at radius 3 is 2.23 bits per heavy atom. The maximum absolute atomic E-state index is 6.21. The first kappa shape index (κ1) is 18.9. The van der Waals surface area contributed by atoms with Crippen molar-refractivity contribution < 1.29 is 0 Å². The first-order valence-electron chi connectivity index (χ1n) is 7.80. The smallest absolute Gasteiger partial charge is 0.0562 e. The highest BCUT2D eigenvalue weighted by molar-refractivity contribution is 8.00. The molecule has 0 aliphatic carbocycles. The molecule has 2 rings (SSSR count). The summed E-state index contributed by atoms with van der Waals surface area (Å²) in [4.78, 5) is 1.05. The summed E-state index contributed by atoms with van der Waals surface area (Å²) in [7, 11) is 0. The van der Waals surface area contributed by atoms with Crippen molar-refractivity contribution in [2.45, 2.75) is 52.4 Å². The molecule has 0 aliphatic rings. The van der Waals surface area contributed by atoms with Crippen LogP contribution in [0.1, 0.15) is 43.9 Å². The van der Waals surface area contributed by atoms with E-state index in [4.69, 9.17) is 11.6 Å². The zero-order valence-corrected chi connectivity index (χ0v) is 15.7. The Balaban J connectivity index is 0.000000745. The van der Waals surface area contributed by atoms with E-state index in [9.17, 15) is 0 Å². The van der Waals surface area contributed by atoms with Crippen molar-refractivity contribution in [3.05, 3.63) is 58.1 Å². The minimum atomic E-state index is 0.791. The number of benzene rings is 2. The van der Waals surface area contributed by atoms with Crippen molar-refractivity contribution in [3.8, 4) is 0 Å². The molecule has 0 saturated heterocycles. The van der Waals surface area contributed by atoms with Gasteiger partial charge in [-0.2, -0.15) is 0 Å². The summed E-state index contributed by atoms with van der Waals surface area (Å²) in [6.07, 6.45) is 2.32. The van der Waals surface area contributed by atoms with E-state index in [-0.39, 0.29) is 0 Å². The van der Waals surface area contributed by atoms with Gasteiger partial charge in [-0.3, -0.25) is 0 Å². The van der Waals surface area contributed by atoms with Gasteiger partial charge < -0.3 is 4.72 Å². The van der Waals surface area contributed by atoms with Crippen LogP contribution < -0.4 is 4.72 Å². The maximum Gasteiger partial charge on any atom is 0.0562 e. The number of aryl methyl sites for hydroxylation is 3. The maximum atomic E-state index is 6.21. The van der Waals surface area contributed by atoms with Crippen molar-refractivity contribution in [2.24, 2.45) is 0 Å². The summed E-state index contributed by atoms with van der Waals surface area (Å²) in [5, 5.41) is 0.791. The Labute approximate surface area is 144 Å². The number of halogens is 1. The van der Waals surface area contributed by atoms with Gasteiger partial charge in [-0.1, -0.05) is 50.9 Å². The molecule has 0 aliphatic heterocycles. The Bertz CT molecular complexity index is 596. The van der Waals surface area contributed by atoms with Crippen LogP contribution in [0.15, 0.2) is 41.3 Å². The molecule has 0 spiro atoms. The molecule has 0 amide bonds. The highest BCUT2D eigenvalue weighted by Gasteiger charge is 2.03. The Morgan fingerprint density at radius 1 is 1.00 bits per heavy atom. The molecule has 2 aromatic carbocycles. The molecule has 2 aromatic rings. The van der Waals surface area contributed by atoms with Gasteiger partial charge in [0, 0.05) is 10.6 Å². The number of rotatable bonds is 4. The molecule has 0 heterocycles. The summed E-state index contributed by atoms with van der Waals surface area (Å²) >= 11 is 7.76. The first-order chi connectivity index (χ1) is 10.5.